The maximum Gasteiger partial charge on any atom is 0.197 e. The number of thiazole rings is 1. The molecule has 16 heavy (non-hydrogen) atoms. The summed E-state index contributed by atoms with van der Waals surface area (Å²) >= 11 is 1.39. The van der Waals surface area contributed by atoms with Crippen LogP contribution in [0.4, 0.5) is 5.13 Å². The quantitative estimate of drug-likeness (QED) is 0.680. The summed E-state index contributed by atoms with van der Waals surface area (Å²) in [5.74, 6) is 0.683. The molecule has 0 fully saturated rings. The number of aryl methyl sites for hydroxylation is 1. The summed E-state index contributed by atoms with van der Waals surface area (Å²) in [7, 11) is 0. The summed E-state index contributed by atoms with van der Waals surface area (Å²) in [6.07, 6.45) is 1.69. The number of nitrogens with two attached hydrogens (primary N) is 1. The Kier molecular flexibility index (Phi) is 1.87. The highest BCUT2D eigenvalue weighted by Gasteiger charge is 2.14. The maximum atomic E-state index is 5.66. The van der Waals surface area contributed by atoms with Crippen LogP contribution in [0.1, 0.15) is 5.69 Å². The van der Waals surface area contributed by atoms with Crippen LogP contribution < -0.4 is 5.73 Å². The zero-order valence-electron chi connectivity index (χ0n) is 8.45. The van der Waals surface area contributed by atoms with E-state index in [2.05, 4.69) is 20.3 Å². The average molecular weight is 232 g/mol. The van der Waals surface area contributed by atoms with E-state index >= 15 is 0 Å². The van der Waals surface area contributed by atoms with Gasteiger partial charge in [-0.25, -0.2) is 4.98 Å². The molecular formula is C9H8N6S. The van der Waals surface area contributed by atoms with E-state index in [1.54, 1.807) is 10.7 Å². The zero-order valence-corrected chi connectivity index (χ0v) is 9.27. The van der Waals surface area contributed by atoms with Crippen molar-refractivity contribution in [2.45, 2.75) is 6.92 Å². The van der Waals surface area contributed by atoms with E-state index in [4.69, 9.17) is 5.73 Å². The number of fused-ring (bicyclic) bond motifs is 1. The molecule has 0 aromatic carbocycles. The number of anilines is 1. The monoisotopic (exact) mass is 232 g/mol. The van der Waals surface area contributed by atoms with Crippen LogP contribution in [0.15, 0.2) is 18.3 Å². The minimum absolute atomic E-state index is 0.528. The van der Waals surface area contributed by atoms with Crippen molar-refractivity contribution >= 4 is 22.1 Å². The van der Waals surface area contributed by atoms with Crippen LogP contribution in [0.2, 0.25) is 0 Å². The number of nitrogen functional groups attached to an aromatic ring is 1. The Balaban J connectivity index is 2.30. The minimum atomic E-state index is 0.528. The van der Waals surface area contributed by atoms with Gasteiger partial charge in [0.1, 0.15) is 0 Å². The van der Waals surface area contributed by atoms with Crippen LogP contribution >= 0.6 is 11.3 Å². The SMILES string of the molecule is Cc1nc(N)sc1-c1nnc2cccnn12. The van der Waals surface area contributed by atoms with Gasteiger partial charge in [0.05, 0.1) is 10.6 Å². The van der Waals surface area contributed by atoms with Crippen LogP contribution in [0.5, 0.6) is 0 Å². The van der Waals surface area contributed by atoms with Crippen LogP contribution in [-0.4, -0.2) is 24.8 Å². The van der Waals surface area contributed by atoms with E-state index in [1.807, 2.05) is 19.1 Å². The molecule has 0 saturated heterocycles. The predicted molar refractivity (Wildman–Crippen MR) is 61.0 cm³/mol. The number of aromatic nitrogens is 5. The first-order valence-corrected chi connectivity index (χ1v) is 5.47. The van der Waals surface area contributed by atoms with Gasteiger partial charge in [0.2, 0.25) is 0 Å². The van der Waals surface area contributed by atoms with Gasteiger partial charge in [0, 0.05) is 6.20 Å². The molecule has 0 spiro atoms. The van der Waals surface area contributed by atoms with Gasteiger partial charge in [-0.15, -0.1) is 10.2 Å². The van der Waals surface area contributed by atoms with Gasteiger partial charge in [-0.05, 0) is 19.1 Å². The first-order valence-electron chi connectivity index (χ1n) is 4.65. The smallest absolute Gasteiger partial charge is 0.197 e. The summed E-state index contributed by atoms with van der Waals surface area (Å²) in [6.45, 7) is 1.90. The van der Waals surface area contributed by atoms with Gasteiger partial charge in [-0.1, -0.05) is 11.3 Å². The van der Waals surface area contributed by atoms with Crippen molar-refractivity contribution in [2.75, 3.05) is 5.73 Å². The van der Waals surface area contributed by atoms with E-state index in [1.165, 1.54) is 11.3 Å². The molecule has 0 aliphatic carbocycles. The molecule has 0 atom stereocenters. The van der Waals surface area contributed by atoms with Crippen molar-refractivity contribution in [2.24, 2.45) is 0 Å². The molecule has 0 aliphatic rings. The molecule has 3 aromatic rings. The zero-order chi connectivity index (χ0) is 11.1. The lowest BCUT2D eigenvalue weighted by Crippen LogP contribution is -1.93. The lowest BCUT2D eigenvalue weighted by Gasteiger charge is -1.94. The Labute approximate surface area is 94.8 Å². The first-order chi connectivity index (χ1) is 7.75. The molecule has 7 heteroatoms. The third kappa shape index (κ3) is 1.25. The minimum Gasteiger partial charge on any atom is -0.375 e. The Bertz CT molecular complexity index is 655. The van der Waals surface area contributed by atoms with Gasteiger partial charge < -0.3 is 5.73 Å². The van der Waals surface area contributed by atoms with Gasteiger partial charge in [0.25, 0.3) is 0 Å². The van der Waals surface area contributed by atoms with Gasteiger partial charge in [-0.3, -0.25) is 0 Å². The third-order valence-corrected chi connectivity index (χ3v) is 3.18. The average Bonchev–Trinajstić information content (AvgIpc) is 2.81. The van der Waals surface area contributed by atoms with Crippen LogP contribution in [0.3, 0.4) is 0 Å². The van der Waals surface area contributed by atoms with Crippen molar-refractivity contribution in [3.8, 4) is 10.7 Å². The lowest BCUT2D eigenvalue weighted by molar-refractivity contribution is 0.936. The van der Waals surface area contributed by atoms with Crippen LogP contribution in [-0.2, 0) is 0 Å². The van der Waals surface area contributed by atoms with Crippen LogP contribution in [0, 0.1) is 6.92 Å². The summed E-state index contributed by atoms with van der Waals surface area (Å²) in [5, 5.41) is 12.9. The molecule has 0 bridgehead atoms. The predicted octanol–water partition coefficient (Wildman–Crippen LogP) is 1.14. The summed E-state index contributed by atoms with van der Waals surface area (Å²) in [4.78, 5) is 5.07. The normalized spacial score (nSPS) is 11.1. The van der Waals surface area contributed by atoms with Crippen molar-refractivity contribution in [3.63, 3.8) is 0 Å². The fraction of sp³-hybridized carbons (Fsp3) is 0.111. The van der Waals surface area contributed by atoms with Crippen molar-refractivity contribution in [1.82, 2.24) is 24.8 Å². The third-order valence-electron chi connectivity index (χ3n) is 2.19. The molecule has 0 radical (unpaired) electrons. The van der Waals surface area contributed by atoms with Crippen molar-refractivity contribution in [1.29, 1.82) is 0 Å². The maximum absolute atomic E-state index is 5.66. The Morgan fingerprint density at radius 3 is 3.00 bits per heavy atom. The summed E-state index contributed by atoms with van der Waals surface area (Å²) in [5.41, 5.74) is 7.22. The number of hydrogen-bond acceptors (Lipinski definition) is 6. The highest BCUT2D eigenvalue weighted by atomic mass is 32.1. The number of rotatable bonds is 1. The van der Waals surface area contributed by atoms with E-state index in [-0.39, 0.29) is 0 Å². The second kappa shape index (κ2) is 3.24. The topological polar surface area (TPSA) is 82.0 Å². The summed E-state index contributed by atoms with van der Waals surface area (Å²) in [6, 6.07) is 3.67. The second-order valence-corrected chi connectivity index (χ2v) is 4.31. The van der Waals surface area contributed by atoms with Gasteiger partial charge >= 0.3 is 0 Å². The Morgan fingerprint density at radius 2 is 2.25 bits per heavy atom. The highest BCUT2D eigenvalue weighted by Crippen LogP contribution is 2.29. The molecule has 80 valence electrons. The molecule has 3 heterocycles. The highest BCUT2D eigenvalue weighted by molar-refractivity contribution is 7.18. The van der Waals surface area contributed by atoms with Crippen molar-refractivity contribution < 1.29 is 0 Å². The van der Waals surface area contributed by atoms with Crippen molar-refractivity contribution in [3.05, 3.63) is 24.0 Å². The molecule has 0 unspecified atom stereocenters. The van der Waals surface area contributed by atoms with Gasteiger partial charge in [-0.2, -0.15) is 9.61 Å². The molecule has 0 amide bonds. The molecular weight excluding hydrogens is 224 g/mol. The van der Waals surface area contributed by atoms with E-state index < -0.39 is 0 Å². The standard InChI is InChI=1S/C9H8N6S/c1-5-7(16-9(10)12-5)8-14-13-6-3-2-4-11-15(6)8/h2-4H,1H3,(H2,10,12). The molecule has 2 N–H and O–H groups in total. The van der Waals surface area contributed by atoms with Crippen LogP contribution in [0.25, 0.3) is 16.3 Å². The fourth-order valence-corrected chi connectivity index (χ4v) is 2.31. The molecule has 6 nitrogen and oxygen atoms in total. The van der Waals surface area contributed by atoms with E-state index in [0.717, 1.165) is 10.6 Å². The Morgan fingerprint density at radius 1 is 1.38 bits per heavy atom. The Hall–Kier alpha value is -2.02. The largest absolute Gasteiger partial charge is 0.375 e. The first kappa shape index (κ1) is 9.22. The van der Waals surface area contributed by atoms with E-state index in [9.17, 15) is 0 Å². The number of hydrogen-bond donors (Lipinski definition) is 1. The van der Waals surface area contributed by atoms with E-state index in [0.29, 0.717) is 16.6 Å². The molecule has 0 aliphatic heterocycles. The summed E-state index contributed by atoms with van der Waals surface area (Å²) < 4.78 is 1.68. The molecule has 3 rings (SSSR count). The molecule has 0 saturated carbocycles. The second-order valence-electron chi connectivity index (χ2n) is 3.28. The van der Waals surface area contributed by atoms with Gasteiger partial charge in [0.15, 0.2) is 16.6 Å². The number of nitrogens with zero attached hydrogens (tertiary/aromatic N) is 5. The molecule has 3 aromatic heterocycles. The lowest BCUT2D eigenvalue weighted by atomic mass is 10.4. The fourth-order valence-electron chi connectivity index (χ4n) is 1.51.